The van der Waals surface area contributed by atoms with Crippen LogP contribution in [0.25, 0.3) is 0 Å². The molecule has 15 heavy (non-hydrogen) atoms. The molecule has 0 saturated carbocycles. The van der Waals surface area contributed by atoms with Gasteiger partial charge in [-0.25, -0.2) is 18.4 Å². The molecule has 0 unspecified atom stereocenters. The Kier molecular flexibility index (Phi) is 2.56. The van der Waals surface area contributed by atoms with Crippen LogP contribution in [0.5, 0.6) is 0 Å². The van der Waals surface area contributed by atoms with E-state index in [0.717, 1.165) is 0 Å². The minimum absolute atomic E-state index is 0.0552. The molecule has 1 saturated heterocycles. The maximum Gasteiger partial charge on any atom is 0.154 e. The molecule has 5 nitrogen and oxygen atoms in total. The van der Waals surface area contributed by atoms with Crippen molar-refractivity contribution in [2.24, 2.45) is 0 Å². The second-order valence-corrected chi connectivity index (χ2v) is 6.08. The van der Waals surface area contributed by atoms with E-state index in [1.807, 2.05) is 0 Å². The van der Waals surface area contributed by atoms with Crippen molar-refractivity contribution < 1.29 is 8.42 Å². The van der Waals surface area contributed by atoms with Gasteiger partial charge in [-0.15, -0.1) is 0 Å². The topological polar surface area (TPSA) is 72.0 Å². The third-order valence-corrected chi connectivity index (χ3v) is 4.08. The lowest BCUT2D eigenvalue weighted by Gasteiger charge is -2.27. The molecule has 2 rings (SSSR count). The fourth-order valence-corrected chi connectivity index (χ4v) is 2.98. The minimum Gasteiger partial charge on any atom is -0.365 e. The molecular weight excluding hydrogens is 238 g/mol. The van der Waals surface area contributed by atoms with Gasteiger partial charge in [0, 0.05) is 6.07 Å². The number of sulfone groups is 1. The number of nitrogens with one attached hydrogen (secondary N) is 1. The Balaban J connectivity index is 2.06. The molecule has 1 aromatic heterocycles. The predicted molar refractivity (Wildman–Crippen MR) is 57.8 cm³/mol. The summed E-state index contributed by atoms with van der Waals surface area (Å²) >= 11 is 5.74. The summed E-state index contributed by atoms with van der Waals surface area (Å²) < 4.78 is 21.8. The third-order valence-electron chi connectivity index (χ3n) is 2.07. The Hall–Kier alpha value is -0.880. The average molecular weight is 248 g/mol. The lowest BCUT2D eigenvalue weighted by Crippen LogP contribution is -2.46. The van der Waals surface area contributed by atoms with Crippen LogP contribution >= 0.6 is 11.6 Å². The molecule has 0 aromatic carbocycles. The van der Waals surface area contributed by atoms with Gasteiger partial charge in [0.1, 0.15) is 16.8 Å². The summed E-state index contributed by atoms with van der Waals surface area (Å²) in [5, 5.41) is 3.35. The van der Waals surface area contributed by atoms with Crippen molar-refractivity contribution in [3.05, 3.63) is 17.0 Å². The zero-order valence-electron chi connectivity index (χ0n) is 8.07. The number of hydrogen-bond acceptors (Lipinski definition) is 5. The average Bonchev–Trinajstić information content (AvgIpc) is 1.97. The van der Waals surface area contributed by atoms with Gasteiger partial charge < -0.3 is 5.32 Å². The first-order valence-corrected chi connectivity index (χ1v) is 6.63. The summed E-state index contributed by atoms with van der Waals surface area (Å²) in [5.74, 6) is 1.46. The summed E-state index contributed by atoms with van der Waals surface area (Å²) in [6.07, 6.45) is 0. The fourth-order valence-electron chi connectivity index (χ4n) is 1.46. The van der Waals surface area contributed by atoms with Crippen molar-refractivity contribution in [1.82, 2.24) is 9.97 Å². The Morgan fingerprint density at radius 3 is 2.67 bits per heavy atom. The Morgan fingerprint density at radius 2 is 2.13 bits per heavy atom. The van der Waals surface area contributed by atoms with E-state index in [1.165, 1.54) is 0 Å². The van der Waals surface area contributed by atoms with Crippen LogP contribution in [-0.4, -0.2) is 35.9 Å². The molecule has 2 heterocycles. The minimum atomic E-state index is -2.81. The van der Waals surface area contributed by atoms with Crippen LogP contribution in [0.15, 0.2) is 6.07 Å². The summed E-state index contributed by atoms with van der Waals surface area (Å²) in [6, 6.07) is 1.53. The van der Waals surface area contributed by atoms with Crippen molar-refractivity contribution in [3.8, 4) is 0 Å². The van der Waals surface area contributed by atoms with E-state index in [-0.39, 0.29) is 17.5 Å². The fraction of sp³-hybridized carbons (Fsp3) is 0.500. The van der Waals surface area contributed by atoms with Crippen molar-refractivity contribution >= 4 is 27.3 Å². The first kappa shape index (κ1) is 10.6. The zero-order valence-corrected chi connectivity index (χ0v) is 9.64. The van der Waals surface area contributed by atoms with Crippen molar-refractivity contribution in [1.29, 1.82) is 0 Å². The van der Waals surface area contributed by atoms with E-state index >= 15 is 0 Å². The van der Waals surface area contributed by atoms with E-state index in [4.69, 9.17) is 11.6 Å². The lowest BCUT2D eigenvalue weighted by molar-refractivity contribution is 0.570. The van der Waals surface area contributed by atoms with Crippen LogP contribution in [0.4, 0.5) is 5.82 Å². The van der Waals surface area contributed by atoms with Crippen LogP contribution in [-0.2, 0) is 9.84 Å². The number of rotatable bonds is 2. The normalized spacial score (nSPS) is 19.6. The van der Waals surface area contributed by atoms with Gasteiger partial charge in [0.15, 0.2) is 9.84 Å². The number of nitrogens with zero attached hydrogens (tertiary/aromatic N) is 2. The highest BCUT2D eigenvalue weighted by atomic mass is 35.5. The maximum atomic E-state index is 10.9. The van der Waals surface area contributed by atoms with Gasteiger partial charge >= 0.3 is 0 Å². The van der Waals surface area contributed by atoms with Crippen LogP contribution in [0.2, 0.25) is 5.15 Å². The standard InChI is InChI=1S/C8H10ClN3O2S/c1-5-10-7(9)2-8(11-5)12-6-3-15(13,14)4-6/h2,6H,3-4H2,1H3,(H,10,11,12). The molecule has 0 amide bonds. The monoisotopic (exact) mass is 247 g/mol. The SMILES string of the molecule is Cc1nc(Cl)cc(NC2CS(=O)(=O)C2)n1. The van der Waals surface area contributed by atoms with Crippen molar-refractivity contribution in [2.45, 2.75) is 13.0 Å². The smallest absolute Gasteiger partial charge is 0.154 e. The number of halogens is 1. The molecule has 0 atom stereocenters. The second-order valence-electron chi connectivity index (χ2n) is 3.54. The summed E-state index contributed by atoms with van der Waals surface area (Å²) in [7, 11) is -2.81. The highest BCUT2D eigenvalue weighted by Crippen LogP contribution is 2.17. The largest absolute Gasteiger partial charge is 0.365 e. The first-order chi connectivity index (χ1) is 6.94. The van der Waals surface area contributed by atoms with Gasteiger partial charge in [-0.1, -0.05) is 11.6 Å². The molecular formula is C8H10ClN3O2S. The molecule has 0 radical (unpaired) electrons. The van der Waals surface area contributed by atoms with E-state index in [1.54, 1.807) is 13.0 Å². The van der Waals surface area contributed by atoms with Gasteiger partial charge in [-0.3, -0.25) is 0 Å². The Labute approximate surface area is 92.8 Å². The molecule has 0 spiro atoms. The molecule has 0 bridgehead atoms. The predicted octanol–water partition coefficient (Wildman–Crippen LogP) is 0.647. The molecule has 1 N–H and O–H groups in total. The van der Waals surface area contributed by atoms with Gasteiger partial charge in [-0.05, 0) is 6.92 Å². The van der Waals surface area contributed by atoms with E-state index in [2.05, 4.69) is 15.3 Å². The molecule has 7 heteroatoms. The molecule has 0 aliphatic carbocycles. The number of aromatic nitrogens is 2. The quantitative estimate of drug-likeness (QED) is 0.777. The van der Waals surface area contributed by atoms with Gasteiger partial charge in [0.25, 0.3) is 0 Å². The number of anilines is 1. The van der Waals surface area contributed by atoms with Gasteiger partial charge in [0.2, 0.25) is 0 Å². The highest BCUT2D eigenvalue weighted by molar-refractivity contribution is 7.92. The first-order valence-electron chi connectivity index (χ1n) is 4.43. The lowest BCUT2D eigenvalue weighted by atomic mass is 10.3. The van der Waals surface area contributed by atoms with Crippen LogP contribution in [0.3, 0.4) is 0 Å². The van der Waals surface area contributed by atoms with Crippen LogP contribution < -0.4 is 5.32 Å². The zero-order chi connectivity index (χ0) is 11.1. The molecule has 1 fully saturated rings. The van der Waals surface area contributed by atoms with Gasteiger partial charge in [0.05, 0.1) is 17.5 Å². The molecule has 82 valence electrons. The van der Waals surface area contributed by atoms with Crippen LogP contribution in [0, 0.1) is 6.92 Å². The summed E-state index contributed by atoms with van der Waals surface area (Å²) in [6.45, 7) is 1.73. The molecule has 1 aliphatic rings. The number of hydrogen-bond donors (Lipinski definition) is 1. The highest BCUT2D eigenvalue weighted by Gasteiger charge is 2.33. The second kappa shape index (κ2) is 3.61. The molecule has 1 aromatic rings. The summed E-state index contributed by atoms with van der Waals surface area (Å²) in [5.41, 5.74) is 0. The Morgan fingerprint density at radius 1 is 1.47 bits per heavy atom. The van der Waals surface area contributed by atoms with E-state index < -0.39 is 9.84 Å². The van der Waals surface area contributed by atoms with E-state index in [0.29, 0.717) is 16.8 Å². The van der Waals surface area contributed by atoms with Crippen molar-refractivity contribution in [2.75, 3.05) is 16.8 Å². The van der Waals surface area contributed by atoms with Crippen LogP contribution in [0.1, 0.15) is 5.82 Å². The van der Waals surface area contributed by atoms with Gasteiger partial charge in [-0.2, -0.15) is 0 Å². The summed E-state index contributed by atoms with van der Waals surface area (Å²) in [4.78, 5) is 8.01. The van der Waals surface area contributed by atoms with E-state index in [9.17, 15) is 8.42 Å². The maximum absolute atomic E-state index is 10.9. The number of aryl methyl sites for hydroxylation is 1. The Bertz CT molecular complexity index is 456. The molecule has 1 aliphatic heterocycles. The third kappa shape index (κ3) is 2.57. The van der Waals surface area contributed by atoms with Crippen molar-refractivity contribution in [3.63, 3.8) is 0 Å².